The van der Waals surface area contributed by atoms with Gasteiger partial charge in [0.2, 0.25) is 0 Å². The molecule has 1 aromatic rings. The molecule has 0 saturated carbocycles. The van der Waals surface area contributed by atoms with E-state index in [0.717, 1.165) is 17.6 Å². The Kier molecular flexibility index (Phi) is 6.42. The van der Waals surface area contributed by atoms with E-state index in [2.05, 4.69) is 38.1 Å². The van der Waals surface area contributed by atoms with E-state index in [1.54, 1.807) is 6.08 Å². The topological polar surface area (TPSA) is 17.1 Å². The summed E-state index contributed by atoms with van der Waals surface area (Å²) in [4.78, 5) is 11.8. The van der Waals surface area contributed by atoms with Crippen molar-refractivity contribution in [1.82, 2.24) is 0 Å². The van der Waals surface area contributed by atoms with Gasteiger partial charge in [-0.2, -0.15) is 0 Å². The van der Waals surface area contributed by atoms with Crippen LogP contribution < -0.4 is 0 Å². The second-order valence-electron chi connectivity index (χ2n) is 4.97. The van der Waals surface area contributed by atoms with Crippen LogP contribution in [0.25, 0.3) is 5.57 Å². The molecule has 98 valence electrons. The van der Waals surface area contributed by atoms with Gasteiger partial charge in [0.1, 0.15) is 0 Å². The summed E-state index contributed by atoms with van der Waals surface area (Å²) in [6.45, 7) is 6.26. The van der Waals surface area contributed by atoms with Crippen molar-refractivity contribution in [2.45, 2.75) is 52.9 Å². The minimum atomic E-state index is 0.254. The number of allylic oxidation sites excluding steroid dienone is 2. The lowest BCUT2D eigenvalue weighted by atomic mass is 10.0. The third-order valence-corrected chi connectivity index (χ3v) is 3.16. The molecule has 18 heavy (non-hydrogen) atoms. The van der Waals surface area contributed by atoms with Crippen LogP contribution in [0.3, 0.4) is 0 Å². The number of benzene rings is 1. The molecule has 0 aromatic heterocycles. The summed E-state index contributed by atoms with van der Waals surface area (Å²) in [6.07, 6.45) is 7.10. The molecule has 0 radical (unpaired) electrons. The number of carbonyl (C=O) groups is 1. The maximum absolute atomic E-state index is 11.8. The number of ketones is 1. The molecule has 0 spiro atoms. The molecule has 0 amide bonds. The molecule has 0 aliphatic heterocycles. The van der Waals surface area contributed by atoms with E-state index < -0.39 is 0 Å². The number of unbranched alkanes of at least 4 members (excludes halogenated alkanes) is 3. The number of carbonyl (C=O) groups excluding carboxylic acids is 1. The molecule has 0 bridgehead atoms. The van der Waals surface area contributed by atoms with Crippen molar-refractivity contribution < 1.29 is 4.79 Å². The molecule has 0 aliphatic carbocycles. The van der Waals surface area contributed by atoms with Crippen LogP contribution in [-0.2, 0) is 4.79 Å². The van der Waals surface area contributed by atoms with Gasteiger partial charge in [0, 0.05) is 6.42 Å². The van der Waals surface area contributed by atoms with E-state index in [1.807, 2.05) is 6.92 Å². The maximum atomic E-state index is 11.8. The van der Waals surface area contributed by atoms with Crippen LogP contribution in [0.2, 0.25) is 0 Å². The van der Waals surface area contributed by atoms with Gasteiger partial charge in [-0.3, -0.25) is 4.79 Å². The van der Waals surface area contributed by atoms with Crippen LogP contribution in [0.15, 0.2) is 30.3 Å². The third kappa shape index (κ3) is 5.31. The predicted octanol–water partition coefficient (Wildman–Crippen LogP) is 4.94. The number of aryl methyl sites for hydroxylation is 1. The molecule has 1 nitrogen and oxygen atoms in total. The molecule has 1 heteroatoms. The summed E-state index contributed by atoms with van der Waals surface area (Å²) < 4.78 is 0. The zero-order chi connectivity index (χ0) is 13.4. The minimum Gasteiger partial charge on any atom is -0.295 e. The Morgan fingerprint density at radius 2 is 1.78 bits per heavy atom. The summed E-state index contributed by atoms with van der Waals surface area (Å²) in [5.74, 6) is 0.254. The lowest BCUT2D eigenvalue weighted by Gasteiger charge is -2.02. The second kappa shape index (κ2) is 7.86. The van der Waals surface area contributed by atoms with E-state index in [9.17, 15) is 4.79 Å². The average molecular weight is 244 g/mol. The Morgan fingerprint density at radius 3 is 2.39 bits per heavy atom. The van der Waals surface area contributed by atoms with Crippen molar-refractivity contribution in [2.24, 2.45) is 0 Å². The maximum Gasteiger partial charge on any atom is 0.155 e. The zero-order valence-corrected chi connectivity index (χ0v) is 11.8. The van der Waals surface area contributed by atoms with Gasteiger partial charge < -0.3 is 0 Å². The second-order valence-corrected chi connectivity index (χ2v) is 4.97. The molecule has 0 unspecified atom stereocenters. The van der Waals surface area contributed by atoms with Crippen LogP contribution in [0.5, 0.6) is 0 Å². The number of hydrogen-bond acceptors (Lipinski definition) is 1. The van der Waals surface area contributed by atoms with Crippen molar-refractivity contribution in [3.8, 4) is 0 Å². The van der Waals surface area contributed by atoms with Crippen LogP contribution in [0.1, 0.15) is 57.1 Å². The molecule has 1 rings (SSSR count). The summed E-state index contributed by atoms with van der Waals surface area (Å²) in [6, 6.07) is 8.31. The minimum absolute atomic E-state index is 0.254. The standard InChI is InChI=1S/C17H24O/c1-4-5-6-7-8-17(18)13-15(3)16-11-9-14(2)10-12-16/h9-13H,4-8H2,1-3H3/b15-13+. The molecule has 0 aliphatic rings. The lowest BCUT2D eigenvalue weighted by molar-refractivity contribution is -0.114. The van der Waals surface area contributed by atoms with Crippen molar-refractivity contribution in [3.63, 3.8) is 0 Å². The monoisotopic (exact) mass is 244 g/mol. The van der Waals surface area contributed by atoms with E-state index in [0.29, 0.717) is 6.42 Å². The molecule has 0 fully saturated rings. The Hall–Kier alpha value is -1.37. The van der Waals surface area contributed by atoms with Gasteiger partial charge >= 0.3 is 0 Å². The highest BCUT2D eigenvalue weighted by Crippen LogP contribution is 2.15. The predicted molar refractivity (Wildman–Crippen MR) is 78.6 cm³/mol. The van der Waals surface area contributed by atoms with Gasteiger partial charge in [-0.15, -0.1) is 0 Å². The summed E-state index contributed by atoms with van der Waals surface area (Å²) in [5.41, 5.74) is 3.45. The fourth-order valence-electron chi connectivity index (χ4n) is 1.94. The van der Waals surface area contributed by atoms with Crippen molar-refractivity contribution >= 4 is 11.4 Å². The highest BCUT2D eigenvalue weighted by Gasteiger charge is 2.01. The normalized spacial score (nSPS) is 11.6. The number of rotatable bonds is 7. The zero-order valence-electron chi connectivity index (χ0n) is 11.8. The number of hydrogen-bond donors (Lipinski definition) is 0. The van der Waals surface area contributed by atoms with Gasteiger partial charge in [0.15, 0.2) is 5.78 Å². The van der Waals surface area contributed by atoms with Crippen LogP contribution >= 0.6 is 0 Å². The van der Waals surface area contributed by atoms with E-state index >= 15 is 0 Å². The van der Waals surface area contributed by atoms with Crippen molar-refractivity contribution in [1.29, 1.82) is 0 Å². The molecular formula is C17H24O. The van der Waals surface area contributed by atoms with E-state index in [1.165, 1.54) is 24.8 Å². The van der Waals surface area contributed by atoms with Crippen molar-refractivity contribution in [3.05, 3.63) is 41.5 Å². The molecular weight excluding hydrogens is 220 g/mol. The molecule has 0 heterocycles. The highest BCUT2D eigenvalue weighted by atomic mass is 16.1. The van der Waals surface area contributed by atoms with Crippen molar-refractivity contribution in [2.75, 3.05) is 0 Å². The Labute approximate surface area is 111 Å². The average Bonchev–Trinajstić information content (AvgIpc) is 2.35. The van der Waals surface area contributed by atoms with E-state index in [4.69, 9.17) is 0 Å². The highest BCUT2D eigenvalue weighted by molar-refractivity contribution is 5.96. The fraction of sp³-hybridized carbons (Fsp3) is 0.471. The summed E-state index contributed by atoms with van der Waals surface area (Å²) in [7, 11) is 0. The first kappa shape index (κ1) is 14.7. The SMILES string of the molecule is CCCCCCC(=O)/C=C(\C)c1ccc(C)cc1. The van der Waals surface area contributed by atoms with Gasteiger partial charge in [-0.05, 0) is 37.5 Å². The Morgan fingerprint density at radius 1 is 1.11 bits per heavy atom. The lowest BCUT2D eigenvalue weighted by Crippen LogP contribution is -1.94. The summed E-state index contributed by atoms with van der Waals surface area (Å²) in [5, 5.41) is 0. The van der Waals surface area contributed by atoms with Crippen LogP contribution in [-0.4, -0.2) is 5.78 Å². The summed E-state index contributed by atoms with van der Waals surface area (Å²) >= 11 is 0. The smallest absolute Gasteiger partial charge is 0.155 e. The van der Waals surface area contributed by atoms with Crippen LogP contribution in [0, 0.1) is 6.92 Å². The van der Waals surface area contributed by atoms with Gasteiger partial charge in [-0.1, -0.05) is 56.0 Å². The van der Waals surface area contributed by atoms with Gasteiger partial charge in [0.05, 0.1) is 0 Å². The van der Waals surface area contributed by atoms with Gasteiger partial charge in [0.25, 0.3) is 0 Å². The quantitative estimate of drug-likeness (QED) is 0.490. The molecule has 1 aromatic carbocycles. The first-order chi connectivity index (χ1) is 8.63. The Bertz CT molecular complexity index is 398. The molecule has 0 atom stereocenters. The molecule has 0 saturated heterocycles. The first-order valence-electron chi connectivity index (χ1n) is 6.91. The van der Waals surface area contributed by atoms with Gasteiger partial charge in [-0.25, -0.2) is 0 Å². The fourth-order valence-corrected chi connectivity index (χ4v) is 1.94. The third-order valence-electron chi connectivity index (χ3n) is 3.16. The first-order valence-corrected chi connectivity index (χ1v) is 6.91. The Balaban J connectivity index is 2.49. The van der Waals surface area contributed by atoms with Crippen LogP contribution in [0.4, 0.5) is 0 Å². The van der Waals surface area contributed by atoms with E-state index in [-0.39, 0.29) is 5.78 Å². The largest absolute Gasteiger partial charge is 0.295 e. The molecule has 0 N–H and O–H groups in total.